The molecule has 10 aromatic carbocycles. The fourth-order valence-electron chi connectivity index (χ4n) is 17.5. The maximum atomic E-state index is 2.38. The normalized spacial score (nSPS) is 16.6. The van der Waals surface area contributed by atoms with Gasteiger partial charge in [-0.15, -0.1) is 0 Å². The molecular weight excluding hydrogens is 1620 g/mol. The highest BCUT2D eigenvalue weighted by atomic mass is 127. The van der Waals surface area contributed by atoms with E-state index in [0.29, 0.717) is 30.2 Å². The number of benzene rings is 10. The van der Waals surface area contributed by atoms with E-state index in [4.69, 9.17) is 0 Å². The quantitative estimate of drug-likeness (QED) is 0.129. The molecule has 17 rings (SSSR count). The third-order valence-electron chi connectivity index (χ3n) is 22.4. The number of nitrogens with zero attached hydrogens (tertiary/aromatic N) is 5. The van der Waals surface area contributed by atoms with Crippen molar-refractivity contribution in [2.75, 3.05) is 102 Å². The van der Waals surface area contributed by atoms with Crippen LogP contribution in [0.3, 0.4) is 0 Å². The van der Waals surface area contributed by atoms with Gasteiger partial charge in [0.1, 0.15) is 30.2 Å². The van der Waals surface area contributed by atoms with Crippen molar-refractivity contribution in [2.45, 2.75) is 77.2 Å². The van der Waals surface area contributed by atoms with Crippen molar-refractivity contribution in [1.29, 1.82) is 0 Å². The summed E-state index contributed by atoms with van der Waals surface area (Å²) in [5, 5.41) is 0. The average molecular weight is 1730 g/mol. The minimum atomic E-state index is 0. The SMILES string of the molecule is CC[N+](C)(C)C1c2ccccc2-c2ccccc21.CC[N+](CC)(CC)C1c2ccccc2-c2ccccc21.C[N+](C)(C)C(c1ccccc1)c1ccccc1.C[N+](C)(C)C1c2ccccc2-c2ccccc21.[Br-].[Br-].[Br-].[I-].[I-].c1ccc2c(c1)-c1ccccc1C2[N+]12CCC(CC1)CC2. The molecule has 2 bridgehead atoms. The molecule has 10 aromatic rings. The summed E-state index contributed by atoms with van der Waals surface area (Å²) in [5.74, 6) is 1.02. The molecule has 3 aliphatic heterocycles. The zero-order chi connectivity index (χ0) is 65.1. The van der Waals surface area contributed by atoms with Crippen molar-refractivity contribution in [2.24, 2.45) is 5.92 Å². The summed E-state index contributed by atoms with van der Waals surface area (Å²) in [4.78, 5) is 0. The fourth-order valence-corrected chi connectivity index (χ4v) is 17.5. The maximum Gasteiger partial charge on any atom is 0.142 e. The minimum absolute atomic E-state index is 0. The Hall–Kier alpha value is -5.10. The van der Waals surface area contributed by atoms with E-state index in [1.54, 1.807) is 11.1 Å². The van der Waals surface area contributed by atoms with Crippen LogP contribution in [0.4, 0.5) is 0 Å². The molecule has 0 aromatic heterocycles. The van der Waals surface area contributed by atoms with Crippen LogP contribution in [0, 0.1) is 5.92 Å². The third-order valence-corrected chi connectivity index (χ3v) is 22.4. The molecule has 0 amide bonds. The highest BCUT2D eigenvalue weighted by Gasteiger charge is 2.50. The lowest BCUT2D eigenvalue weighted by Crippen LogP contribution is -3.00. The lowest BCUT2D eigenvalue weighted by molar-refractivity contribution is -0.965. The van der Waals surface area contributed by atoms with Gasteiger partial charge in [-0.2, -0.15) is 0 Å². The topological polar surface area (TPSA) is 0 Å². The number of halogens is 5. The molecule has 10 heteroatoms. The second-order valence-corrected chi connectivity index (χ2v) is 29.6. The smallest absolute Gasteiger partial charge is 0.142 e. The first-order valence-electron chi connectivity index (χ1n) is 35.0. The van der Waals surface area contributed by atoms with Gasteiger partial charge in [0.2, 0.25) is 0 Å². The Morgan fingerprint density at radius 1 is 0.306 bits per heavy atom. The van der Waals surface area contributed by atoms with Gasteiger partial charge in [-0.3, -0.25) is 0 Å². The van der Waals surface area contributed by atoms with Crippen LogP contribution in [0.1, 0.15) is 133 Å². The number of piperidine rings is 3. The summed E-state index contributed by atoms with van der Waals surface area (Å²) in [6, 6.07) is 95.3. The van der Waals surface area contributed by atoms with Crippen LogP contribution in [0.5, 0.6) is 0 Å². The molecular formula is C88H104Br3I2N5. The van der Waals surface area contributed by atoms with Crippen molar-refractivity contribution in [3.05, 3.63) is 310 Å². The first kappa shape index (κ1) is 80.2. The summed E-state index contributed by atoms with van der Waals surface area (Å²) >= 11 is 0. The van der Waals surface area contributed by atoms with Gasteiger partial charge in [-0.05, 0) is 97.4 Å². The molecule has 3 fully saturated rings. The van der Waals surface area contributed by atoms with Crippen molar-refractivity contribution >= 4 is 0 Å². The standard InChI is InChI=1S/C20H22N.C19H24N.C17H20N.C16H18N.C16H20N.3BrH.2HI/c1-3-7-18-16(5-1)17-6-2-4-8-19(17)20(18)21-12-9-15(10-13-21)11-14-21;1-4-20(5-2,6-3)19-17-13-9-7-11-15(17)16-12-8-10-14-18(16)19;1-4-18(2,3)17-15-11-7-5-9-13(15)14-10-6-8-12-16(14)17;1-17(2,3)16-14-10-6-4-8-12(14)13-9-5-7-11-15(13)16;1-17(2,3)16(14-10-6-4-7-11-14)15-12-8-5-9-13-15;;;;;/h1-8,15,20H,9-14H2;7-14,19H,4-6H2,1-3H3;5-12,17H,4H2,1-3H3;4-11,16H,1-3H3;4-13,16H,1-3H3;5*1H/q5*+1;;;;;/p-5. The number of hydrogen-bond acceptors (Lipinski definition) is 0. The maximum absolute atomic E-state index is 2.38. The summed E-state index contributed by atoms with van der Waals surface area (Å²) in [5.41, 5.74) is 26.3. The first-order valence-corrected chi connectivity index (χ1v) is 35.0. The molecule has 3 saturated heterocycles. The van der Waals surface area contributed by atoms with Crippen LogP contribution in [-0.4, -0.2) is 125 Å². The molecule has 4 aliphatic carbocycles. The lowest BCUT2D eigenvalue weighted by Gasteiger charge is -2.53. The molecule has 0 spiro atoms. The Morgan fingerprint density at radius 3 is 0.816 bits per heavy atom. The Labute approximate surface area is 655 Å². The van der Waals surface area contributed by atoms with Crippen molar-refractivity contribution in [3.63, 3.8) is 0 Å². The van der Waals surface area contributed by atoms with E-state index in [9.17, 15) is 0 Å². The number of rotatable bonds is 11. The van der Waals surface area contributed by atoms with Gasteiger partial charge >= 0.3 is 0 Å². The largest absolute Gasteiger partial charge is 1.00 e. The van der Waals surface area contributed by atoms with E-state index in [-0.39, 0.29) is 98.9 Å². The molecule has 5 nitrogen and oxygen atoms in total. The summed E-state index contributed by atoms with van der Waals surface area (Å²) in [7, 11) is 18.2. The predicted octanol–water partition coefficient (Wildman–Crippen LogP) is 4.84. The average Bonchev–Trinajstić information content (AvgIpc) is 1.49. The molecule has 516 valence electrons. The zero-order valence-electron chi connectivity index (χ0n) is 59.9. The molecule has 0 radical (unpaired) electrons. The van der Waals surface area contributed by atoms with E-state index in [2.05, 4.69) is 339 Å². The van der Waals surface area contributed by atoms with Crippen LogP contribution in [-0.2, 0) is 0 Å². The van der Waals surface area contributed by atoms with Gasteiger partial charge in [-0.1, -0.05) is 255 Å². The van der Waals surface area contributed by atoms with E-state index in [0.717, 1.165) is 30.4 Å². The van der Waals surface area contributed by atoms with Crippen molar-refractivity contribution in [1.82, 2.24) is 0 Å². The van der Waals surface area contributed by atoms with Crippen LogP contribution in [0.25, 0.3) is 44.5 Å². The second-order valence-electron chi connectivity index (χ2n) is 29.6. The molecule has 3 heterocycles. The van der Waals surface area contributed by atoms with Crippen LogP contribution >= 0.6 is 0 Å². The van der Waals surface area contributed by atoms with E-state index in [1.165, 1.54) is 152 Å². The monoisotopic (exact) mass is 1720 g/mol. The Morgan fingerprint density at radius 2 is 0.551 bits per heavy atom. The van der Waals surface area contributed by atoms with Crippen molar-refractivity contribution in [3.8, 4) is 44.5 Å². The Bertz CT molecular complexity index is 3930. The molecule has 7 aliphatic rings. The number of quaternary nitrogens is 5. The van der Waals surface area contributed by atoms with Gasteiger partial charge in [-0.25, -0.2) is 0 Å². The van der Waals surface area contributed by atoms with Crippen LogP contribution < -0.4 is 98.9 Å². The fraction of sp³-hybridized carbons (Fsp3) is 0.318. The molecule has 0 atom stereocenters. The highest BCUT2D eigenvalue weighted by Crippen LogP contribution is 2.54. The van der Waals surface area contributed by atoms with Crippen LogP contribution in [0.15, 0.2) is 255 Å². The number of fused-ring (bicyclic) bond motifs is 15. The zero-order valence-corrected chi connectivity index (χ0v) is 69.0. The Kier molecular flexibility index (Phi) is 28.0. The van der Waals surface area contributed by atoms with E-state index < -0.39 is 0 Å². The number of hydrogen-bond donors (Lipinski definition) is 0. The Balaban J connectivity index is 0.000000171. The van der Waals surface area contributed by atoms with Gasteiger partial charge in [0, 0.05) is 55.6 Å². The highest BCUT2D eigenvalue weighted by molar-refractivity contribution is 5.81. The van der Waals surface area contributed by atoms with Gasteiger partial charge < -0.3 is 121 Å². The third kappa shape index (κ3) is 15.9. The van der Waals surface area contributed by atoms with Crippen LogP contribution in [0.2, 0.25) is 0 Å². The van der Waals surface area contributed by atoms with Gasteiger partial charge in [0.05, 0.1) is 102 Å². The van der Waals surface area contributed by atoms with E-state index in [1.807, 2.05) is 0 Å². The summed E-state index contributed by atoms with van der Waals surface area (Å²) in [6.45, 7) is 18.1. The van der Waals surface area contributed by atoms with Gasteiger partial charge in [0.25, 0.3) is 0 Å². The molecule has 0 N–H and O–H groups in total. The predicted molar refractivity (Wildman–Crippen MR) is 392 cm³/mol. The van der Waals surface area contributed by atoms with Crippen molar-refractivity contribution < 1.29 is 121 Å². The van der Waals surface area contributed by atoms with E-state index >= 15 is 0 Å². The minimum Gasteiger partial charge on any atom is -1.00 e. The lowest BCUT2D eigenvalue weighted by atomic mass is 9.82. The molecule has 0 unspecified atom stereocenters. The summed E-state index contributed by atoms with van der Waals surface area (Å²) in [6.07, 6.45) is 4.34. The van der Waals surface area contributed by atoms with Gasteiger partial charge in [0.15, 0.2) is 0 Å². The summed E-state index contributed by atoms with van der Waals surface area (Å²) < 4.78 is 5.31. The second kappa shape index (κ2) is 34.2. The first-order chi connectivity index (χ1) is 45.0. The molecule has 98 heavy (non-hydrogen) atoms. The molecule has 0 saturated carbocycles.